The topological polar surface area (TPSA) is 32.5 Å². The van der Waals surface area contributed by atoms with Gasteiger partial charge in [0.05, 0.1) is 23.9 Å². The highest BCUT2D eigenvalue weighted by Crippen LogP contribution is 2.26. The summed E-state index contributed by atoms with van der Waals surface area (Å²) in [5, 5.41) is 5.81. The Hall–Kier alpha value is -2.19. The fourth-order valence-electron chi connectivity index (χ4n) is 4.65. The molecular weight excluding hydrogens is 440 g/mol. The monoisotopic (exact) mass is 468 g/mol. The van der Waals surface area contributed by atoms with Crippen LogP contribution in [0.25, 0.3) is 5.69 Å². The van der Waals surface area contributed by atoms with Crippen molar-refractivity contribution < 1.29 is 0 Å². The molecule has 0 amide bonds. The van der Waals surface area contributed by atoms with Gasteiger partial charge >= 0.3 is 0 Å². The average molecular weight is 469 g/mol. The van der Waals surface area contributed by atoms with Crippen LogP contribution >= 0.6 is 23.8 Å². The molecule has 5 rings (SSSR count). The summed E-state index contributed by atoms with van der Waals surface area (Å²) in [5.41, 5.74) is 2.20. The van der Waals surface area contributed by atoms with Crippen LogP contribution in [0.4, 0.5) is 5.69 Å². The van der Waals surface area contributed by atoms with Crippen LogP contribution in [0.5, 0.6) is 0 Å². The van der Waals surface area contributed by atoms with E-state index in [1.807, 2.05) is 28.9 Å². The molecule has 6 nitrogen and oxygen atoms in total. The standard InChI is InChI=1S/C24H29ClN6S/c25-21-10-4-5-11-22(21)29-16-14-28(15-17-29)19-30-24(32)31(20-8-2-1-3-9-20)23(26-30)18-27-12-6-7-13-27/h1-5,8-11H,6-7,12-19H2. The van der Waals surface area contributed by atoms with Gasteiger partial charge in [-0.2, -0.15) is 5.10 Å². The second-order valence-electron chi connectivity index (χ2n) is 8.55. The van der Waals surface area contributed by atoms with Crippen molar-refractivity contribution in [3.05, 3.63) is 70.2 Å². The molecule has 0 saturated carbocycles. The summed E-state index contributed by atoms with van der Waals surface area (Å²) >= 11 is 12.3. The van der Waals surface area contributed by atoms with E-state index in [9.17, 15) is 0 Å². The van der Waals surface area contributed by atoms with Gasteiger partial charge in [-0.3, -0.25) is 14.4 Å². The highest BCUT2D eigenvalue weighted by atomic mass is 35.5. The van der Waals surface area contributed by atoms with Crippen molar-refractivity contribution in [1.82, 2.24) is 24.1 Å². The number of hydrogen-bond donors (Lipinski definition) is 0. The van der Waals surface area contributed by atoms with Crippen LogP contribution in [0.15, 0.2) is 54.6 Å². The lowest BCUT2D eigenvalue weighted by Crippen LogP contribution is -2.47. The summed E-state index contributed by atoms with van der Waals surface area (Å²) in [5.74, 6) is 1.03. The van der Waals surface area contributed by atoms with E-state index in [1.54, 1.807) is 0 Å². The lowest BCUT2D eigenvalue weighted by atomic mass is 10.2. The quantitative estimate of drug-likeness (QED) is 0.499. The zero-order chi connectivity index (χ0) is 21.9. The molecule has 0 unspecified atom stereocenters. The molecular formula is C24H29ClN6S. The van der Waals surface area contributed by atoms with Crippen molar-refractivity contribution in [2.24, 2.45) is 0 Å². The molecule has 0 spiro atoms. The lowest BCUT2D eigenvalue weighted by Gasteiger charge is -2.36. The minimum Gasteiger partial charge on any atom is -0.368 e. The van der Waals surface area contributed by atoms with Crippen molar-refractivity contribution in [2.45, 2.75) is 26.1 Å². The van der Waals surface area contributed by atoms with Crippen molar-refractivity contribution in [1.29, 1.82) is 0 Å². The molecule has 0 aliphatic carbocycles. The molecule has 2 aliphatic rings. The molecule has 32 heavy (non-hydrogen) atoms. The van der Waals surface area contributed by atoms with Crippen molar-refractivity contribution in [2.75, 3.05) is 44.2 Å². The van der Waals surface area contributed by atoms with Crippen LogP contribution in [0.3, 0.4) is 0 Å². The Bertz CT molecular complexity index is 1100. The van der Waals surface area contributed by atoms with Gasteiger partial charge in [0.2, 0.25) is 4.77 Å². The van der Waals surface area contributed by atoms with E-state index in [0.717, 1.165) is 72.8 Å². The highest BCUT2D eigenvalue weighted by Gasteiger charge is 2.22. The third kappa shape index (κ3) is 4.62. The number of aromatic nitrogens is 3. The number of nitrogens with zero attached hydrogens (tertiary/aromatic N) is 6. The summed E-state index contributed by atoms with van der Waals surface area (Å²) in [4.78, 5) is 7.26. The third-order valence-corrected chi connectivity index (χ3v) is 7.10. The molecule has 3 aromatic rings. The van der Waals surface area contributed by atoms with Crippen LogP contribution in [-0.4, -0.2) is 63.4 Å². The van der Waals surface area contributed by atoms with E-state index in [4.69, 9.17) is 28.9 Å². The summed E-state index contributed by atoms with van der Waals surface area (Å²) in [7, 11) is 0. The maximum absolute atomic E-state index is 6.40. The largest absolute Gasteiger partial charge is 0.368 e. The normalized spacial score (nSPS) is 17.8. The zero-order valence-corrected chi connectivity index (χ0v) is 19.8. The van der Waals surface area contributed by atoms with E-state index < -0.39 is 0 Å². The third-order valence-electron chi connectivity index (χ3n) is 6.38. The SMILES string of the molecule is S=c1n(CN2CCN(c3ccccc3Cl)CC2)nc(CN2CCCC2)n1-c1ccccc1. The summed E-state index contributed by atoms with van der Waals surface area (Å²) in [6.45, 7) is 7.61. The zero-order valence-electron chi connectivity index (χ0n) is 18.2. The predicted molar refractivity (Wildman–Crippen MR) is 132 cm³/mol. The van der Waals surface area contributed by atoms with Crippen molar-refractivity contribution >= 4 is 29.5 Å². The molecule has 0 radical (unpaired) electrons. The van der Waals surface area contributed by atoms with Crippen LogP contribution in [0.2, 0.25) is 5.02 Å². The van der Waals surface area contributed by atoms with E-state index >= 15 is 0 Å². The Morgan fingerprint density at radius 3 is 2.22 bits per heavy atom. The molecule has 2 fully saturated rings. The minimum atomic E-state index is 0.710. The number of rotatable bonds is 6. The Labute approximate surface area is 199 Å². The number of likely N-dealkylation sites (tertiary alicyclic amines) is 1. The highest BCUT2D eigenvalue weighted by molar-refractivity contribution is 7.71. The van der Waals surface area contributed by atoms with Crippen LogP contribution in [0.1, 0.15) is 18.7 Å². The molecule has 168 valence electrons. The fraction of sp³-hybridized carbons (Fsp3) is 0.417. The molecule has 0 bridgehead atoms. The van der Waals surface area contributed by atoms with Crippen LogP contribution in [-0.2, 0) is 13.2 Å². The second-order valence-corrected chi connectivity index (χ2v) is 9.32. The van der Waals surface area contributed by atoms with Gasteiger partial charge in [0.1, 0.15) is 0 Å². The molecule has 2 aromatic carbocycles. The van der Waals surface area contributed by atoms with Crippen molar-refractivity contribution in [3.8, 4) is 5.69 Å². The first-order valence-electron chi connectivity index (χ1n) is 11.4. The smallest absolute Gasteiger partial charge is 0.203 e. The average Bonchev–Trinajstić information content (AvgIpc) is 3.43. The van der Waals surface area contributed by atoms with E-state index in [1.165, 1.54) is 12.8 Å². The van der Waals surface area contributed by atoms with Gasteiger partial charge in [-0.05, 0) is 62.4 Å². The molecule has 2 aliphatic heterocycles. The van der Waals surface area contributed by atoms with Gasteiger partial charge in [-0.1, -0.05) is 41.9 Å². The Balaban J connectivity index is 1.33. The number of piperazine rings is 1. The predicted octanol–water partition coefficient (Wildman–Crippen LogP) is 4.43. The number of benzene rings is 2. The first kappa shape index (κ1) is 21.6. The molecule has 1 aromatic heterocycles. The maximum atomic E-state index is 6.40. The fourth-order valence-corrected chi connectivity index (χ4v) is 5.22. The molecule has 8 heteroatoms. The first-order chi connectivity index (χ1) is 15.7. The minimum absolute atomic E-state index is 0.710. The molecule has 3 heterocycles. The Kier molecular flexibility index (Phi) is 6.59. The summed E-state index contributed by atoms with van der Waals surface area (Å²) in [6.07, 6.45) is 2.53. The van der Waals surface area contributed by atoms with Crippen LogP contribution < -0.4 is 4.90 Å². The van der Waals surface area contributed by atoms with Gasteiger partial charge in [0.15, 0.2) is 5.82 Å². The first-order valence-corrected chi connectivity index (χ1v) is 12.2. The second kappa shape index (κ2) is 9.75. The van der Waals surface area contributed by atoms with E-state index in [0.29, 0.717) is 6.67 Å². The summed E-state index contributed by atoms with van der Waals surface area (Å²) < 4.78 is 4.91. The van der Waals surface area contributed by atoms with Gasteiger partial charge in [-0.15, -0.1) is 0 Å². The number of anilines is 1. The van der Waals surface area contributed by atoms with Crippen molar-refractivity contribution in [3.63, 3.8) is 0 Å². The van der Waals surface area contributed by atoms with Gasteiger partial charge < -0.3 is 4.90 Å². The number of hydrogen-bond acceptors (Lipinski definition) is 5. The molecule has 0 N–H and O–H groups in total. The van der Waals surface area contributed by atoms with E-state index in [-0.39, 0.29) is 0 Å². The Morgan fingerprint density at radius 1 is 0.812 bits per heavy atom. The molecule has 0 atom stereocenters. The number of para-hydroxylation sites is 2. The summed E-state index contributed by atoms with van der Waals surface area (Å²) in [6, 6.07) is 18.5. The molecule has 2 saturated heterocycles. The van der Waals surface area contributed by atoms with Crippen LogP contribution in [0, 0.1) is 4.77 Å². The van der Waals surface area contributed by atoms with Gasteiger partial charge in [0, 0.05) is 31.9 Å². The van der Waals surface area contributed by atoms with Gasteiger partial charge in [-0.25, -0.2) is 4.68 Å². The van der Waals surface area contributed by atoms with E-state index in [2.05, 4.69) is 49.6 Å². The Morgan fingerprint density at radius 2 is 1.50 bits per heavy atom. The number of halogens is 1. The lowest BCUT2D eigenvalue weighted by molar-refractivity contribution is 0.193. The van der Waals surface area contributed by atoms with Gasteiger partial charge in [0.25, 0.3) is 0 Å². The maximum Gasteiger partial charge on any atom is 0.203 e.